The molecule has 0 unspecified atom stereocenters. The van der Waals surface area contributed by atoms with Gasteiger partial charge < -0.3 is 14.6 Å². The molecule has 0 aliphatic heterocycles. The van der Waals surface area contributed by atoms with E-state index >= 15 is 0 Å². The molecule has 1 N–H and O–H groups in total. The Kier molecular flexibility index (Phi) is 4.97. The highest BCUT2D eigenvalue weighted by molar-refractivity contribution is 5.69. The van der Waals surface area contributed by atoms with Crippen LogP contribution in [0.2, 0.25) is 0 Å². The Hall–Kier alpha value is -1.55. The number of carbonyl (C=O) groups excluding carboxylic acids is 1. The monoisotopic (exact) mass is 238 g/mol. The zero-order valence-corrected chi connectivity index (χ0v) is 10.4. The fourth-order valence-corrected chi connectivity index (χ4v) is 1.47. The van der Waals surface area contributed by atoms with Crippen LogP contribution in [-0.2, 0) is 9.53 Å². The molecule has 0 spiro atoms. The number of benzene rings is 1. The van der Waals surface area contributed by atoms with Crippen molar-refractivity contribution in [3.8, 4) is 5.75 Å². The SMILES string of the molecule is COC(=O)CCOc1ccc(C)cc1[C@H](C)O. The Balaban J connectivity index is 2.67. The van der Waals surface area contributed by atoms with Crippen molar-refractivity contribution in [1.29, 1.82) is 0 Å². The van der Waals surface area contributed by atoms with E-state index in [4.69, 9.17) is 4.74 Å². The maximum atomic E-state index is 10.9. The van der Waals surface area contributed by atoms with Crippen LogP contribution < -0.4 is 4.74 Å². The molecule has 4 heteroatoms. The van der Waals surface area contributed by atoms with Crippen LogP contribution in [0.15, 0.2) is 18.2 Å². The van der Waals surface area contributed by atoms with Crippen molar-refractivity contribution in [3.05, 3.63) is 29.3 Å². The van der Waals surface area contributed by atoms with Crippen molar-refractivity contribution in [3.63, 3.8) is 0 Å². The van der Waals surface area contributed by atoms with Crippen LogP contribution in [0.25, 0.3) is 0 Å². The molecule has 0 fully saturated rings. The zero-order chi connectivity index (χ0) is 12.8. The molecular formula is C13H18O4. The Morgan fingerprint density at radius 3 is 2.76 bits per heavy atom. The molecule has 0 aliphatic rings. The molecule has 0 aliphatic carbocycles. The summed E-state index contributed by atoms with van der Waals surface area (Å²) < 4.78 is 9.98. The Morgan fingerprint density at radius 1 is 1.47 bits per heavy atom. The van der Waals surface area contributed by atoms with Crippen LogP contribution in [-0.4, -0.2) is 24.8 Å². The molecule has 1 aromatic carbocycles. The second kappa shape index (κ2) is 6.25. The minimum absolute atomic E-state index is 0.198. The molecule has 0 amide bonds. The number of carbonyl (C=O) groups is 1. The topological polar surface area (TPSA) is 55.8 Å². The van der Waals surface area contributed by atoms with Gasteiger partial charge in [0.25, 0.3) is 0 Å². The number of methoxy groups -OCH3 is 1. The molecular weight excluding hydrogens is 220 g/mol. The average Bonchev–Trinajstić information content (AvgIpc) is 2.30. The summed E-state index contributed by atoms with van der Waals surface area (Å²) in [7, 11) is 1.34. The van der Waals surface area contributed by atoms with Crippen molar-refractivity contribution in [2.45, 2.75) is 26.4 Å². The van der Waals surface area contributed by atoms with Gasteiger partial charge in [-0.15, -0.1) is 0 Å². The van der Waals surface area contributed by atoms with Gasteiger partial charge in [0, 0.05) is 5.56 Å². The van der Waals surface area contributed by atoms with Gasteiger partial charge in [-0.1, -0.05) is 11.6 Å². The molecule has 0 saturated carbocycles. The lowest BCUT2D eigenvalue weighted by Crippen LogP contribution is -2.09. The maximum Gasteiger partial charge on any atom is 0.308 e. The fraction of sp³-hybridized carbons (Fsp3) is 0.462. The van der Waals surface area contributed by atoms with Gasteiger partial charge in [-0.25, -0.2) is 0 Å². The smallest absolute Gasteiger partial charge is 0.308 e. The molecule has 1 atom stereocenters. The van der Waals surface area contributed by atoms with Crippen molar-refractivity contribution in [1.82, 2.24) is 0 Å². The molecule has 17 heavy (non-hydrogen) atoms. The molecule has 4 nitrogen and oxygen atoms in total. The van der Waals surface area contributed by atoms with E-state index in [9.17, 15) is 9.90 Å². The number of aryl methyl sites for hydroxylation is 1. The average molecular weight is 238 g/mol. The van der Waals surface area contributed by atoms with Gasteiger partial charge in [-0.2, -0.15) is 0 Å². The largest absolute Gasteiger partial charge is 0.493 e. The first-order chi connectivity index (χ1) is 8.04. The van der Waals surface area contributed by atoms with E-state index in [0.29, 0.717) is 5.75 Å². The maximum absolute atomic E-state index is 10.9. The summed E-state index contributed by atoms with van der Waals surface area (Å²) in [6.45, 7) is 3.88. The van der Waals surface area contributed by atoms with E-state index in [2.05, 4.69) is 4.74 Å². The second-order valence-corrected chi connectivity index (χ2v) is 3.89. The Bertz CT molecular complexity index is 385. The molecule has 94 valence electrons. The van der Waals surface area contributed by atoms with Gasteiger partial charge in [0.15, 0.2) is 0 Å². The molecule has 0 radical (unpaired) electrons. The minimum Gasteiger partial charge on any atom is -0.493 e. The van der Waals surface area contributed by atoms with Gasteiger partial charge >= 0.3 is 5.97 Å². The van der Waals surface area contributed by atoms with E-state index in [1.165, 1.54) is 7.11 Å². The first-order valence-corrected chi connectivity index (χ1v) is 5.53. The van der Waals surface area contributed by atoms with Gasteiger partial charge in [-0.05, 0) is 26.0 Å². The summed E-state index contributed by atoms with van der Waals surface area (Å²) >= 11 is 0. The minimum atomic E-state index is -0.594. The number of aliphatic hydroxyl groups excluding tert-OH is 1. The van der Waals surface area contributed by atoms with E-state index in [1.54, 1.807) is 13.0 Å². The van der Waals surface area contributed by atoms with Gasteiger partial charge in [-0.3, -0.25) is 4.79 Å². The van der Waals surface area contributed by atoms with E-state index in [1.807, 2.05) is 19.1 Å². The van der Waals surface area contributed by atoms with Crippen LogP contribution in [0, 0.1) is 6.92 Å². The first-order valence-electron chi connectivity index (χ1n) is 5.53. The first kappa shape index (κ1) is 13.5. The number of hydrogen-bond acceptors (Lipinski definition) is 4. The van der Waals surface area contributed by atoms with Gasteiger partial charge in [0.2, 0.25) is 0 Å². The van der Waals surface area contributed by atoms with E-state index in [0.717, 1.165) is 11.1 Å². The van der Waals surface area contributed by atoms with Crippen molar-refractivity contribution >= 4 is 5.97 Å². The molecule has 0 saturated heterocycles. The predicted molar refractivity (Wildman–Crippen MR) is 63.9 cm³/mol. The second-order valence-electron chi connectivity index (χ2n) is 3.89. The van der Waals surface area contributed by atoms with Crippen molar-refractivity contribution < 1.29 is 19.4 Å². The van der Waals surface area contributed by atoms with Crippen LogP contribution in [0.5, 0.6) is 5.75 Å². The molecule has 0 heterocycles. The molecule has 0 aromatic heterocycles. The van der Waals surface area contributed by atoms with Gasteiger partial charge in [0.05, 0.1) is 26.2 Å². The third-order valence-electron chi connectivity index (χ3n) is 2.41. The van der Waals surface area contributed by atoms with Crippen LogP contribution >= 0.6 is 0 Å². The van der Waals surface area contributed by atoms with Crippen LogP contribution in [0.1, 0.15) is 30.6 Å². The van der Waals surface area contributed by atoms with E-state index < -0.39 is 6.10 Å². The lowest BCUT2D eigenvalue weighted by Gasteiger charge is -2.13. The molecule has 1 aromatic rings. The summed E-state index contributed by atoms with van der Waals surface area (Å²) in [5.74, 6) is 0.296. The predicted octanol–water partition coefficient (Wildman–Crippen LogP) is 1.99. The highest BCUT2D eigenvalue weighted by atomic mass is 16.5. The highest BCUT2D eigenvalue weighted by Gasteiger charge is 2.10. The number of hydrogen-bond donors (Lipinski definition) is 1. The third kappa shape index (κ3) is 4.07. The number of aliphatic hydroxyl groups is 1. The Morgan fingerprint density at radius 2 is 2.18 bits per heavy atom. The zero-order valence-electron chi connectivity index (χ0n) is 10.4. The standard InChI is InChI=1S/C13H18O4/c1-9-4-5-12(11(8-9)10(2)14)17-7-6-13(15)16-3/h4-5,8,10,14H,6-7H2,1-3H3/t10-/m0/s1. The lowest BCUT2D eigenvalue weighted by molar-refractivity contribution is -0.141. The normalized spacial score (nSPS) is 12.0. The lowest BCUT2D eigenvalue weighted by atomic mass is 10.1. The van der Waals surface area contributed by atoms with E-state index in [-0.39, 0.29) is 19.0 Å². The molecule has 1 rings (SSSR count). The summed E-state index contributed by atoms with van der Waals surface area (Å²) in [5.41, 5.74) is 1.79. The quantitative estimate of drug-likeness (QED) is 0.797. The molecule has 0 bridgehead atoms. The highest BCUT2D eigenvalue weighted by Crippen LogP contribution is 2.26. The van der Waals surface area contributed by atoms with Gasteiger partial charge in [0.1, 0.15) is 5.75 Å². The number of ether oxygens (including phenoxy) is 2. The van der Waals surface area contributed by atoms with Crippen molar-refractivity contribution in [2.75, 3.05) is 13.7 Å². The summed E-state index contributed by atoms with van der Waals surface area (Å²) in [5, 5.41) is 9.61. The fourth-order valence-electron chi connectivity index (χ4n) is 1.47. The summed E-state index contributed by atoms with van der Waals surface area (Å²) in [6, 6.07) is 5.58. The number of rotatable bonds is 5. The number of esters is 1. The van der Waals surface area contributed by atoms with Crippen LogP contribution in [0.4, 0.5) is 0 Å². The third-order valence-corrected chi connectivity index (χ3v) is 2.41. The summed E-state index contributed by atoms with van der Waals surface area (Å²) in [6.07, 6.45) is -0.396. The van der Waals surface area contributed by atoms with Crippen molar-refractivity contribution in [2.24, 2.45) is 0 Å². The summed E-state index contributed by atoms with van der Waals surface area (Å²) in [4.78, 5) is 10.9. The Labute approximate surface area is 101 Å². The van der Waals surface area contributed by atoms with Crippen LogP contribution in [0.3, 0.4) is 0 Å².